The molecule has 8 heteroatoms. The van der Waals surface area contributed by atoms with Crippen LogP contribution in [0.2, 0.25) is 0 Å². The Morgan fingerprint density at radius 2 is 1.64 bits per heavy atom. The number of nitrogens with zero attached hydrogens (tertiary/aromatic N) is 1. The third-order valence-electron chi connectivity index (χ3n) is 5.51. The summed E-state index contributed by atoms with van der Waals surface area (Å²) in [6.45, 7) is 2.82. The average Bonchev–Trinajstić information content (AvgIpc) is 2.89. The predicted octanol–water partition coefficient (Wildman–Crippen LogP) is 6.81. The van der Waals surface area contributed by atoms with Gasteiger partial charge in [-0.25, -0.2) is 0 Å². The molecule has 0 heterocycles. The number of unbranched alkanes of at least 4 members (excludes halogenated alkanes) is 3. The number of para-hydroxylation sites is 1. The van der Waals surface area contributed by atoms with E-state index in [2.05, 4.69) is 33.5 Å². The van der Waals surface area contributed by atoms with Gasteiger partial charge in [0.1, 0.15) is 5.75 Å². The summed E-state index contributed by atoms with van der Waals surface area (Å²) >= 11 is 8.78. The van der Waals surface area contributed by atoms with Crippen LogP contribution >= 0.6 is 28.1 Å². The van der Waals surface area contributed by atoms with Crippen LogP contribution in [0, 0.1) is 0 Å². The Hall–Kier alpha value is -3.23. The van der Waals surface area contributed by atoms with Crippen LogP contribution in [0.3, 0.4) is 0 Å². The number of ether oxygens (including phenoxy) is 1. The van der Waals surface area contributed by atoms with E-state index in [0.29, 0.717) is 33.6 Å². The second-order valence-electron chi connectivity index (χ2n) is 8.24. The van der Waals surface area contributed by atoms with E-state index < -0.39 is 0 Å². The zero-order chi connectivity index (χ0) is 25.9. The normalized spacial score (nSPS) is 10.4. The fourth-order valence-corrected chi connectivity index (χ4v) is 4.17. The summed E-state index contributed by atoms with van der Waals surface area (Å²) in [4.78, 5) is 27.0. The fourth-order valence-electron chi connectivity index (χ4n) is 3.47. The van der Waals surface area contributed by atoms with Crippen molar-refractivity contribution in [1.29, 1.82) is 0 Å². The second-order valence-corrected chi connectivity index (χ2v) is 9.50. The quantitative estimate of drug-likeness (QED) is 0.208. The molecule has 0 saturated carbocycles. The summed E-state index contributed by atoms with van der Waals surface area (Å²) < 4.78 is 6.51. The van der Waals surface area contributed by atoms with Crippen LogP contribution in [0.15, 0.2) is 77.3 Å². The first-order valence-electron chi connectivity index (χ1n) is 11.9. The van der Waals surface area contributed by atoms with Crippen LogP contribution in [0.5, 0.6) is 5.75 Å². The number of amides is 2. The van der Waals surface area contributed by atoms with E-state index in [9.17, 15) is 9.59 Å². The van der Waals surface area contributed by atoms with Gasteiger partial charge < -0.3 is 15.0 Å². The molecule has 0 fully saturated rings. The number of hydrogen-bond acceptors (Lipinski definition) is 4. The van der Waals surface area contributed by atoms with Gasteiger partial charge in [0.15, 0.2) is 5.11 Å². The third kappa shape index (κ3) is 7.90. The molecule has 0 saturated heterocycles. The summed E-state index contributed by atoms with van der Waals surface area (Å²) in [5.41, 5.74) is 2.47. The van der Waals surface area contributed by atoms with E-state index in [4.69, 9.17) is 17.0 Å². The number of anilines is 2. The number of nitrogens with one attached hydrogen (secondary N) is 2. The van der Waals surface area contributed by atoms with Crippen molar-refractivity contribution in [3.8, 4) is 5.75 Å². The average molecular weight is 569 g/mol. The van der Waals surface area contributed by atoms with Gasteiger partial charge in [-0.3, -0.25) is 14.9 Å². The van der Waals surface area contributed by atoms with Crippen molar-refractivity contribution >= 4 is 56.4 Å². The summed E-state index contributed by atoms with van der Waals surface area (Å²) in [7, 11) is 1.74. The molecule has 0 bridgehead atoms. The smallest absolute Gasteiger partial charge is 0.258 e. The van der Waals surface area contributed by atoms with Crippen LogP contribution < -0.4 is 20.3 Å². The first-order valence-corrected chi connectivity index (χ1v) is 13.1. The minimum atomic E-state index is -0.334. The predicted molar refractivity (Wildman–Crippen MR) is 153 cm³/mol. The van der Waals surface area contributed by atoms with Crippen LogP contribution in [0.1, 0.15) is 53.3 Å². The van der Waals surface area contributed by atoms with Crippen molar-refractivity contribution in [2.45, 2.75) is 32.6 Å². The number of hydrogen-bond donors (Lipinski definition) is 2. The lowest BCUT2D eigenvalue weighted by Gasteiger charge is -2.17. The molecule has 3 aromatic carbocycles. The zero-order valence-electron chi connectivity index (χ0n) is 20.4. The van der Waals surface area contributed by atoms with Crippen molar-refractivity contribution in [3.05, 3.63) is 88.4 Å². The molecule has 3 aromatic rings. The molecule has 0 atom stereocenters. The molecular formula is C28H30BrN3O3S. The number of benzene rings is 3. The number of carbonyl (C=O) groups excluding carboxylic acids is 2. The Kier molecular flexibility index (Phi) is 10.5. The van der Waals surface area contributed by atoms with Gasteiger partial charge in [0.25, 0.3) is 11.8 Å². The van der Waals surface area contributed by atoms with E-state index in [1.165, 1.54) is 12.8 Å². The summed E-state index contributed by atoms with van der Waals surface area (Å²) in [5, 5.41) is 5.82. The minimum Gasteiger partial charge on any atom is -0.492 e. The van der Waals surface area contributed by atoms with E-state index in [1.54, 1.807) is 54.4 Å². The van der Waals surface area contributed by atoms with Gasteiger partial charge in [-0.1, -0.05) is 44.4 Å². The maximum absolute atomic E-state index is 12.7. The highest BCUT2D eigenvalue weighted by molar-refractivity contribution is 9.10. The molecule has 0 aliphatic heterocycles. The van der Waals surface area contributed by atoms with Gasteiger partial charge in [-0.05, 0) is 89.2 Å². The van der Waals surface area contributed by atoms with Gasteiger partial charge in [0.2, 0.25) is 0 Å². The lowest BCUT2D eigenvalue weighted by atomic mass is 10.1. The summed E-state index contributed by atoms with van der Waals surface area (Å²) in [6, 6.07) is 21.5. The zero-order valence-corrected chi connectivity index (χ0v) is 22.8. The summed E-state index contributed by atoms with van der Waals surface area (Å²) in [5.74, 6) is 0.248. The molecule has 2 N–H and O–H groups in total. The molecule has 0 unspecified atom stereocenters. The van der Waals surface area contributed by atoms with Crippen LogP contribution in [0.25, 0.3) is 0 Å². The largest absolute Gasteiger partial charge is 0.492 e. The molecule has 0 radical (unpaired) electrons. The Bertz CT molecular complexity index is 1190. The Morgan fingerprint density at radius 1 is 0.944 bits per heavy atom. The minimum absolute atomic E-state index is 0.123. The first kappa shape index (κ1) is 27.4. The van der Waals surface area contributed by atoms with Crippen LogP contribution in [-0.4, -0.2) is 30.6 Å². The number of rotatable bonds is 10. The first-order chi connectivity index (χ1) is 17.4. The molecule has 3 rings (SSSR count). The van der Waals surface area contributed by atoms with Crippen LogP contribution in [-0.2, 0) is 0 Å². The van der Waals surface area contributed by atoms with E-state index >= 15 is 0 Å². The standard InChI is InChI=1S/C28H30BrN3O3S/c1-3-4-5-9-18-35-25-17-14-21(19-24(25)29)26(33)31-28(36)30-22-15-12-20(13-16-22)27(34)32(2)23-10-7-6-8-11-23/h6-8,10-17,19H,3-5,9,18H2,1-2H3,(H2,30,31,33,36). The third-order valence-corrected chi connectivity index (χ3v) is 6.34. The van der Waals surface area contributed by atoms with Crippen molar-refractivity contribution < 1.29 is 14.3 Å². The van der Waals surface area contributed by atoms with Crippen molar-refractivity contribution in [2.75, 3.05) is 23.9 Å². The van der Waals surface area contributed by atoms with Crippen molar-refractivity contribution in [3.63, 3.8) is 0 Å². The maximum atomic E-state index is 12.7. The van der Waals surface area contributed by atoms with Crippen molar-refractivity contribution in [1.82, 2.24) is 5.32 Å². The molecule has 0 aromatic heterocycles. The maximum Gasteiger partial charge on any atom is 0.258 e. The van der Waals surface area contributed by atoms with E-state index in [0.717, 1.165) is 18.5 Å². The SMILES string of the molecule is CCCCCCOc1ccc(C(=O)NC(=S)Nc2ccc(C(=O)N(C)c3ccccc3)cc2)cc1Br. The fraction of sp³-hybridized carbons (Fsp3) is 0.250. The van der Waals surface area contributed by atoms with Gasteiger partial charge in [0.05, 0.1) is 11.1 Å². The van der Waals surface area contributed by atoms with Gasteiger partial charge in [0, 0.05) is 29.5 Å². The highest BCUT2D eigenvalue weighted by Gasteiger charge is 2.14. The monoisotopic (exact) mass is 567 g/mol. The molecule has 0 spiro atoms. The van der Waals surface area contributed by atoms with Crippen molar-refractivity contribution in [2.24, 2.45) is 0 Å². The Labute approximate surface area is 226 Å². The van der Waals surface area contributed by atoms with E-state index in [-0.39, 0.29) is 16.9 Å². The van der Waals surface area contributed by atoms with Gasteiger partial charge in [-0.2, -0.15) is 0 Å². The molecule has 0 aliphatic rings. The molecule has 0 aliphatic carbocycles. The number of halogens is 1. The topological polar surface area (TPSA) is 70.7 Å². The van der Waals surface area contributed by atoms with Gasteiger partial charge in [-0.15, -0.1) is 0 Å². The molecule has 188 valence electrons. The highest BCUT2D eigenvalue weighted by Crippen LogP contribution is 2.26. The molecular weight excluding hydrogens is 538 g/mol. The van der Waals surface area contributed by atoms with E-state index in [1.807, 2.05) is 30.3 Å². The van der Waals surface area contributed by atoms with Gasteiger partial charge >= 0.3 is 0 Å². The molecule has 36 heavy (non-hydrogen) atoms. The lowest BCUT2D eigenvalue weighted by molar-refractivity contribution is 0.0974. The second kappa shape index (κ2) is 13.8. The van der Waals surface area contributed by atoms with Crippen LogP contribution in [0.4, 0.5) is 11.4 Å². The summed E-state index contributed by atoms with van der Waals surface area (Å²) in [6.07, 6.45) is 4.52. The lowest BCUT2D eigenvalue weighted by Crippen LogP contribution is -2.34. The Balaban J connectivity index is 1.52. The number of thiocarbonyl (C=S) groups is 1. The molecule has 2 amide bonds. The number of carbonyl (C=O) groups is 2. The highest BCUT2D eigenvalue weighted by atomic mass is 79.9. The molecule has 6 nitrogen and oxygen atoms in total. The Morgan fingerprint density at radius 3 is 2.31 bits per heavy atom.